The molecule has 1 aromatic rings. The minimum Gasteiger partial charge on any atom is -0.347 e. The van der Waals surface area contributed by atoms with E-state index in [4.69, 9.17) is 0 Å². The fourth-order valence-electron chi connectivity index (χ4n) is 3.84. The first-order chi connectivity index (χ1) is 12.6. The van der Waals surface area contributed by atoms with Crippen molar-refractivity contribution in [3.8, 4) is 0 Å². The summed E-state index contributed by atoms with van der Waals surface area (Å²) in [5.41, 5.74) is 0.853. The van der Waals surface area contributed by atoms with Gasteiger partial charge in [0.15, 0.2) is 0 Å². The van der Waals surface area contributed by atoms with Gasteiger partial charge < -0.3 is 14.7 Å². The van der Waals surface area contributed by atoms with Gasteiger partial charge in [0.1, 0.15) is 0 Å². The van der Waals surface area contributed by atoms with Crippen molar-refractivity contribution in [3.05, 3.63) is 24.0 Å². The third-order valence-corrected chi connectivity index (χ3v) is 5.27. The number of rotatable bonds is 5. The molecule has 1 aromatic heterocycles. The van der Waals surface area contributed by atoms with E-state index in [1.807, 2.05) is 30.0 Å². The monoisotopic (exact) mass is 357 g/mol. The highest BCUT2D eigenvalue weighted by Crippen LogP contribution is 2.20. The van der Waals surface area contributed by atoms with Crippen molar-refractivity contribution in [3.63, 3.8) is 0 Å². The second-order valence-electron chi connectivity index (χ2n) is 7.70. The lowest BCUT2D eigenvalue weighted by atomic mass is 9.96. The fourth-order valence-corrected chi connectivity index (χ4v) is 3.84. The predicted molar refractivity (Wildman–Crippen MR) is 105 cm³/mol. The largest absolute Gasteiger partial charge is 0.347 e. The van der Waals surface area contributed by atoms with Gasteiger partial charge in [-0.25, -0.2) is 9.97 Å². The molecule has 1 amide bonds. The van der Waals surface area contributed by atoms with Crippen LogP contribution < -0.4 is 4.90 Å². The van der Waals surface area contributed by atoms with Crippen LogP contribution in [-0.4, -0.2) is 72.5 Å². The summed E-state index contributed by atoms with van der Waals surface area (Å²) >= 11 is 0. The Morgan fingerprint density at radius 2 is 1.88 bits per heavy atom. The number of carbonyl (C=O) groups excluding carboxylic acids is 1. The number of anilines is 1. The molecule has 6 heteroatoms. The smallest absolute Gasteiger partial charge is 0.246 e. The van der Waals surface area contributed by atoms with Gasteiger partial charge >= 0.3 is 0 Å². The molecule has 0 aliphatic carbocycles. The van der Waals surface area contributed by atoms with Crippen molar-refractivity contribution < 1.29 is 4.79 Å². The molecule has 0 saturated carbocycles. The Morgan fingerprint density at radius 3 is 2.58 bits per heavy atom. The van der Waals surface area contributed by atoms with Gasteiger partial charge in [0.05, 0.1) is 0 Å². The van der Waals surface area contributed by atoms with Crippen molar-refractivity contribution in [2.75, 3.05) is 51.7 Å². The van der Waals surface area contributed by atoms with Gasteiger partial charge in [-0.2, -0.15) is 0 Å². The highest BCUT2D eigenvalue weighted by molar-refractivity contribution is 5.91. The van der Waals surface area contributed by atoms with Crippen LogP contribution in [-0.2, 0) is 4.79 Å². The SMILES string of the molecule is CN(C)c1ncc(C=CC(=O)N2CCCC(CN3CCCCC3)C2)cn1. The summed E-state index contributed by atoms with van der Waals surface area (Å²) < 4.78 is 0. The van der Waals surface area contributed by atoms with E-state index in [0.29, 0.717) is 11.9 Å². The number of nitrogens with zero attached hydrogens (tertiary/aromatic N) is 5. The summed E-state index contributed by atoms with van der Waals surface area (Å²) in [5, 5.41) is 0. The normalized spacial score (nSPS) is 21.9. The number of amides is 1. The summed E-state index contributed by atoms with van der Waals surface area (Å²) in [5.74, 6) is 1.39. The van der Waals surface area contributed by atoms with Crippen LogP contribution in [0.15, 0.2) is 18.5 Å². The quantitative estimate of drug-likeness (QED) is 0.757. The molecule has 26 heavy (non-hydrogen) atoms. The molecule has 2 saturated heterocycles. The summed E-state index contributed by atoms with van der Waals surface area (Å²) in [6.07, 6.45) is 13.4. The number of hydrogen-bond donors (Lipinski definition) is 0. The molecule has 1 atom stereocenters. The zero-order chi connectivity index (χ0) is 18.4. The van der Waals surface area contributed by atoms with Crippen molar-refractivity contribution in [1.29, 1.82) is 0 Å². The molecule has 0 bridgehead atoms. The van der Waals surface area contributed by atoms with Gasteiger partial charge in [0.25, 0.3) is 0 Å². The first-order valence-corrected chi connectivity index (χ1v) is 9.80. The van der Waals surface area contributed by atoms with E-state index >= 15 is 0 Å². The summed E-state index contributed by atoms with van der Waals surface area (Å²) in [7, 11) is 3.82. The molecule has 2 fully saturated rings. The number of aromatic nitrogens is 2. The standard InChI is InChI=1S/C20H31N5O/c1-23(2)20-21-13-17(14-22-20)8-9-19(26)25-12-6-7-18(16-25)15-24-10-4-3-5-11-24/h8-9,13-14,18H,3-7,10-12,15-16H2,1-2H3. The lowest BCUT2D eigenvalue weighted by molar-refractivity contribution is -0.127. The van der Waals surface area contributed by atoms with Crippen molar-refractivity contribution in [1.82, 2.24) is 19.8 Å². The molecule has 0 radical (unpaired) electrons. The second kappa shape index (κ2) is 9.12. The van der Waals surface area contributed by atoms with E-state index in [1.54, 1.807) is 18.5 Å². The van der Waals surface area contributed by atoms with Crippen LogP contribution in [0.2, 0.25) is 0 Å². The maximum Gasteiger partial charge on any atom is 0.246 e. The van der Waals surface area contributed by atoms with Crippen molar-refractivity contribution >= 4 is 17.9 Å². The van der Waals surface area contributed by atoms with Gasteiger partial charge in [-0.3, -0.25) is 4.79 Å². The van der Waals surface area contributed by atoms with Crippen LogP contribution >= 0.6 is 0 Å². The molecule has 0 N–H and O–H groups in total. The van der Waals surface area contributed by atoms with E-state index < -0.39 is 0 Å². The zero-order valence-corrected chi connectivity index (χ0v) is 16.1. The van der Waals surface area contributed by atoms with Crippen molar-refractivity contribution in [2.45, 2.75) is 32.1 Å². The molecule has 2 aliphatic heterocycles. The summed E-state index contributed by atoms with van der Waals surface area (Å²) in [6.45, 7) is 5.36. The third-order valence-electron chi connectivity index (χ3n) is 5.27. The molecular weight excluding hydrogens is 326 g/mol. The number of carbonyl (C=O) groups is 1. The van der Waals surface area contributed by atoms with E-state index in [1.165, 1.54) is 38.8 Å². The molecule has 3 heterocycles. The Morgan fingerprint density at radius 1 is 1.15 bits per heavy atom. The lowest BCUT2D eigenvalue weighted by Gasteiger charge is -2.36. The number of piperidine rings is 2. The molecule has 142 valence electrons. The van der Waals surface area contributed by atoms with Gasteiger partial charge in [-0.1, -0.05) is 6.42 Å². The first-order valence-electron chi connectivity index (χ1n) is 9.80. The average Bonchev–Trinajstić information content (AvgIpc) is 2.67. The van der Waals surface area contributed by atoms with Crippen LogP contribution in [0.4, 0.5) is 5.95 Å². The Labute approximate surface area is 156 Å². The Balaban J connectivity index is 1.51. The van der Waals surface area contributed by atoms with Crippen LogP contribution in [0.25, 0.3) is 6.08 Å². The van der Waals surface area contributed by atoms with Gasteiger partial charge in [-0.05, 0) is 50.8 Å². The van der Waals surface area contributed by atoms with Crippen LogP contribution in [0.1, 0.15) is 37.7 Å². The first kappa shape index (κ1) is 18.8. The maximum absolute atomic E-state index is 12.6. The minimum absolute atomic E-state index is 0.102. The predicted octanol–water partition coefficient (Wildman–Crippen LogP) is 2.28. The Bertz CT molecular complexity index is 607. The van der Waals surface area contributed by atoms with Crippen molar-refractivity contribution in [2.24, 2.45) is 5.92 Å². The Kier molecular flexibility index (Phi) is 6.61. The van der Waals surface area contributed by atoms with E-state index in [-0.39, 0.29) is 5.91 Å². The zero-order valence-electron chi connectivity index (χ0n) is 16.1. The molecule has 6 nitrogen and oxygen atoms in total. The number of likely N-dealkylation sites (tertiary alicyclic amines) is 2. The van der Waals surface area contributed by atoms with Crippen LogP contribution in [0, 0.1) is 5.92 Å². The molecule has 3 rings (SSSR count). The molecular formula is C20H31N5O. The number of hydrogen-bond acceptors (Lipinski definition) is 5. The van der Waals surface area contributed by atoms with E-state index in [2.05, 4.69) is 14.9 Å². The lowest BCUT2D eigenvalue weighted by Crippen LogP contribution is -2.44. The van der Waals surface area contributed by atoms with Crippen LogP contribution in [0.5, 0.6) is 0 Å². The molecule has 0 spiro atoms. The van der Waals surface area contributed by atoms with Crippen LogP contribution in [0.3, 0.4) is 0 Å². The second-order valence-corrected chi connectivity index (χ2v) is 7.70. The molecule has 1 unspecified atom stereocenters. The topological polar surface area (TPSA) is 52.6 Å². The highest BCUT2D eigenvalue weighted by atomic mass is 16.2. The highest BCUT2D eigenvalue weighted by Gasteiger charge is 2.24. The van der Waals surface area contributed by atoms with Gasteiger partial charge in [0.2, 0.25) is 11.9 Å². The summed E-state index contributed by atoms with van der Waals surface area (Å²) in [4.78, 5) is 27.6. The minimum atomic E-state index is 0.102. The molecule has 0 aromatic carbocycles. The molecule has 2 aliphatic rings. The maximum atomic E-state index is 12.6. The van der Waals surface area contributed by atoms with E-state index in [9.17, 15) is 4.79 Å². The fraction of sp³-hybridized carbons (Fsp3) is 0.650. The van der Waals surface area contributed by atoms with Gasteiger partial charge in [0, 0.05) is 57.8 Å². The van der Waals surface area contributed by atoms with Gasteiger partial charge in [-0.15, -0.1) is 0 Å². The Hall–Kier alpha value is -1.95. The third kappa shape index (κ3) is 5.27. The summed E-state index contributed by atoms with van der Waals surface area (Å²) in [6, 6.07) is 0. The average molecular weight is 358 g/mol. The van der Waals surface area contributed by atoms with E-state index in [0.717, 1.165) is 31.6 Å².